The van der Waals surface area contributed by atoms with Crippen molar-refractivity contribution in [2.45, 2.75) is 13.3 Å². The van der Waals surface area contributed by atoms with Crippen LogP contribution in [0.5, 0.6) is 0 Å². The van der Waals surface area contributed by atoms with Gasteiger partial charge < -0.3 is 9.88 Å². The summed E-state index contributed by atoms with van der Waals surface area (Å²) in [6, 6.07) is 10.3. The van der Waals surface area contributed by atoms with Crippen LogP contribution in [0.3, 0.4) is 0 Å². The van der Waals surface area contributed by atoms with E-state index in [4.69, 9.17) is 12.2 Å². The minimum atomic E-state index is 0.636. The van der Waals surface area contributed by atoms with Crippen LogP contribution in [0.2, 0.25) is 0 Å². The molecule has 1 heterocycles. The van der Waals surface area contributed by atoms with Crippen LogP contribution in [-0.2, 0) is 6.42 Å². The summed E-state index contributed by atoms with van der Waals surface area (Å²) in [5.74, 6) is 0.925. The van der Waals surface area contributed by atoms with E-state index in [1.165, 1.54) is 5.69 Å². The van der Waals surface area contributed by atoms with E-state index in [9.17, 15) is 0 Å². The molecule has 0 unspecified atom stereocenters. The van der Waals surface area contributed by atoms with Crippen LogP contribution in [0.1, 0.15) is 12.7 Å². The molecule has 4 heteroatoms. The summed E-state index contributed by atoms with van der Waals surface area (Å²) < 4.78 is 0.636. The van der Waals surface area contributed by atoms with E-state index in [1.807, 2.05) is 20.2 Å². The van der Waals surface area contributed by atoms with Gasteiger partial charge in [0, 0.05) is 31.9 Å². The number of hydrogen-bond acceptors (Lipinski definition) is 3. The van der Waals surface area contributed by atoms with E-state index in [0.717, 1.165) is 23.5 Å². The van der Waals surface area contributed by atoms with Crippen molar-refractivity contribution in [3.63, 3.8) is 0 Å². The Bertz CT molecular complexity index is 585. The molecule has 0 aliphatic carbocycles. The van der Waals surface area contributed by atoms with Gasteiger partial charge in [0.2, 0.25) is 0 Å². The lowest BCUT2D eigenvalue weighted by atomic mass is 10.1. The first-order chi connectivity index (χ1) is 8.60. The van der Waals surface area contributed by atoms with Gasteiger partial charge in [-0.2, -0.15) is 0 Å². The number of H-pyrrole nitrogens is 1. The molecule has 0 fully saturated rings. The highest BCUT2D eigenvalue weighted by Gasteiger charge is 2.02. The Balaban J connectivity index is 2.42. The third-order valence-electron chi connectivity index (χ3n) is 2.82. The number of rotatable bonds is 3. The van der Waals surface area contributed by atoms with Crippen molar-refractivity contribution in [2.24, 2.45) is 0 Å². The van der Waals surface area contributed by atoms with E-state index < -0.39 is 0 Å². The average Bonchev–Trinajstić information content (AvgIpc) is 2.38. The second-order valence-electron chi connectivity index (χ2n) is 4.37. The lowest BCUT2D eigenvalue weighted by Gasteiger charge is -2.13. The predicted molar refractivity (Wildman–Crippen MR) is 78.6 cm³/mol. The molecule has 3 nitrogen and oxygen atoms in total. The van der Waals surface area contributed by atoms with Gasteiger partial charge in [0.25, 0.3) is 0 Å². The zero-order chi connectivity index (χ0) is 13.1. The van der Waals surface area contributed by atoms with E-state index in [1.54, 1.807) is 0 Å². The second-order valence-corrected chi connectivity index (χ2v) is 4.79. The zero-order valence-corrected chi connectivity index (χ0v) is 11.7. The lowest BCUT2D eigenvalue weighted by Crippen LogP contribution is -2.08. The fourth-order valence-electron chi connectivity index (χ4n) is 1.77. The first-order valence-electron chi connectivity index (χ1n) is 5.98. The van der Waals surface area contributed by atoms with Crippen LogP contribution >= 0.6 is 12.2 Å². The molecular weight excluding hydrogens is 242 g/mol. The summed E-state index contributed by atoms with van der Waals surface area (Å²) in [7, 11) is 4.06. The quantitative estimate of drug-likeness (QED) is 0.857. The molecular formula is C14H17N3S. The van der Waals surface area contributed by atoms with Crippen LogP contribution in [0.15, 0.2) is 30.3 Å². The molecule has 0 saturated carbocycles. The number of benzene rings is 1. The van der Waals surface area contributed by atoms with E-state index >= 15 is 0 Å². The van der Waals surface area contributed by atoms with Gasteiger partial charge in [-0.25, -0.2) is 4.98 Å². The summed E-state index contributed by atoms with van der Waals surface area (Å²) in [5.41, 5.74) is 3.34. The Morgan fingerprint density at radius 1 is 1.22 bits per heavy atom. The Morgan fingerprint density at radius 3 is 2.44 bits per heavy atom. The molecule has 1 aromatic heterocycles. The molecule has 0 aliphatic rings. The summed E-state index contributed by atoms with van der Waals surface area (Å²) in [6.07, 6.45) is 0.854. The van der Waals surface area contributed by atoms with Gasteiger partial charge in [-0.05, 0) is 23.8 Å². The minimum Gasteiger partial charge on any atom is -0.378 e. The number of aromatic amines is 1. The molecule has 94 valence electrons. The predicted octanol–water partition coefficient (Wildman–Crippen LogP) is 3.43. The van der Waals surface area contributed by atoms with Crippen molar-refractivity contribution < 1.29 is 0 Å². The fraction of sp³-hybridized carbons (Fsp3) is 0.286. The second kappa shape index (κ2) is 5.31. The van der Waals surface area contributed by atoms with E-state index in [2.05, 4.69) is 46.1 Å². The highest BCUT2D eigenvalue weighted by Crippen LogP contribution is 2.20. The third kappa shape index (κ3) is 2.76. The fourth-order valence-corrected chi connectivity index (χ4v) is 2.00. The monoisotopic (exact) mass is 259 g/mol. The van der Waals surface area contributed by atoms with Gasteiger partial charge in [0.15, 0.2) is 0 Å². The smallest absolute Gasteiger partial charge is 0.130 e. The zero-order valence-electron chi connectivity index (χ0n) is 10.9. The van der Waals surface area contributed by atoms with Gasteiger partial charge in [-0.1, -0.05) is 31.3 Å². The maximum Gasteiger partial charge on any atom is 0.130 e. The van der Waals surface area contributed by atoms with Crippen LogP contribution in [0, 0.1) is 4.64 Å². The summed E-state index contributed by atoms with van der Waals surface area (Å²) in [6.45, 7) is 2.06. The van der Waals surface area contributed by atoms with Crippen molar-refractivity contribution in [1.82, 2.24) is 9.97 Å². The first kappa shape index (κ1) is 12.8. The van der Waals surface area contributed by atoms with Crippen LogP contribution in [0.25, 0.3) is 11.3 Å². The number of nitrogens with one attached hydrogen (secondary N) is 1. The van der Waals surface area contributed by atoms with Gasteiger partial charge in [0.05, 0.1) is 0 Å². The molecule has 0 aliphatic heterocycles. The SMILES string of the molecule is CCc1nc(=S)cc(-c2ccc(N(C)C)cc2)[nH]1. The summed E-state index contributed by atoms with van der Waals surface area (Å²) >= 11 is 5.18. The van der Waals surface area contributed by atoms with Crippen molar-refractivity contribution in [3.05, 3.63) is 40.8 Å². The van der Waals surface area contributed by atoms with Crippen LogP contribution in [0.4, 0.5) is 5.69 Å². The molecule has 1 N–H and O–H groups in total. The molecule has 1 aromatic carbocycles. The number of aryl methyl sites for hydroxylation is 1. The van der Waals surface area contributed by atoms with Crippen molar-refractivity contribution in [3.8, 4) is 11.3 Å². The summed E-state index contributed by atoms with van der Waals surface area (Å²) in [4.78, 5) is 9.66. The van der Waals surface area contributed by atoms with Crippen LogP contribution in [-0.4, -0.2) is 24.1 Å². The highest BCUT2D eigenvalue weighted by molar-refractivity contribution is 7.71. The number of aromatic nitrogens is 2. The highest BCUT2D eigenvalue weighted by atomic mass is 32.1. The molecule has 0 amide bonds. The Hall–Kier alpha value is -1.68. The lowest BCUT2D eigenvalue weighted by molar-refractivity contribution is 0.936. The van der Waals surface area contributed by atoms with Crippen LogP contribution < -0.4 is 4.90 Å². The Morgan fingerprint density at radius 2 is 1.89 bits per heavy atom. The molecule has 0 bridgehead atoms. The average molecular weight is 259 g/mol. The first-order valence-corrected chi connectivity index (χ1v) is 6.39. The number of hydrogen-bond donors (Lipinski definition) is 1. The molecule has 18 heavy (non-hydrogen) atoms. The molecule has 0 atom stereocenters. The third-order valence-corrected chi connectivity index (χ3v) is 3.03. The topological polar surface area (TPSA) is 31.9 Å². The minimum absolute atomic E-state index is 0.636. The summed E-state index contributed by atoms with van der Waals surface area (Å²) in [5, 5.41) is 0. The Kier molecular flexibility index (Phi) is 3.77. The largest absolute Gasteiger partial charge is 0.378 e. The van der Waals surface area contributed by atoms with Gasteiger partial charge in [-0.15, -0.1) is 0 Å². The number of nitrogens with zero attached hydrogens (tertiary/aromatic N) is 2. The van der Waals surface area contributed by atoms with Crippen molar-refractivity contribution in [1.29, 1.82) is 0 Å². The van der Waals surface area contributed by atoms with Crippen molar-refractivity contribution >= 4 is 17.9 Å². The molecule has 0 spiro atoms. The maximum absolute atomic E-state index is 5.18. The van der Waals surface area contributed by atoms with Gasteiger partial charge in [0.1, 0.15) is 10.5 Å². The molecule has 2 rings (SSSR count). The molecule has 0 saturated heterocycles. The van der Waals surface area contributed by atoms with Gasteiger partial charge >= 0.3 is 0 Å². The normalized spacial score (nSPS) is 10.4. The van der Waals surface area contributed by atoms with E-state index in [-0.39, 0.29) is 0 Å². The Labute approximate surface area is 113 Å². The number of anilines is 1. The molecule has 2 aromatic rings. The standard InChI is InChI=1S/C14H17N3S/c1-4-13-15-12(9-14(18)16-13)10-5-7-11(8-6-10)17(2)3/h5-9H,4H2,1-3H3,(H,15,16,18). The molecule has 0 radical (unpaired) electrons. The van der Waals surface area contributed by atoms with Crippen molar-refractivity contribution in [2.75, 3.05) is 19.0 Å². The maximum atomic E-state index is 5.18. The van der Waals surface area contributed by atoms with E-state index in [0.29, 0.717) is 4.64 Å². The van der Waals surface area contributed by atoms with Gasteiger partial charge in [-0.3, -0.25) is 0 Å².